The van der Waals surface area contributed by atoms with Crippen molar-refractivity contribution < 1.29 is 23.1 Å². The van der Waals surface area contributed by atoms with Crippen molar-refractivity contribution in [1.82, 2.24) is 19.9 Å². The molecule has 10 nitrogen and oxygen atoms in total. The summed E-state index contributed by atoms with van der Waals surface area (Å²) in [6.07, 6.45) is 6.33. The Bertz CT molecular complexity index is 2390. The fourth-order valence-corrected chi connectivity index (χ4v) is 8.48. The van der Waals surface area contributed by atoms with E-state index in [9.17, 15) is 14.0 Å². The molecule has 2 atom stereocenters. The fourth-order valence-electron chi connectivity index (χ4n) is 8.48. The Balaban J connectivity index is 0.867. The van der Waals surface area contributed by atoms with Crippen molar-refractivity contribution in [2.45, 2.75) is 38.5 Å². The Hall–Kier alpha value is -5.68. The minimum Gasteiger partial charge on any atom is -0.451 e. The van der Waals surface area contributed by atoms with Gasteiger partial charge in [-0.2, -0.15) is 0 Å². The number of imidazole rings is 1. The number of nitrogens with one attached hydrogen (secondary N) is 1. The lowest BCUT2D eigenvalue weighted by Crippen LogP contribution is -2.59. The van der Waals surface area contributed by atoms with Crippen LogP contribution in [0.1, 0.15) is 62.6 Å². The summed E-state index contributed by atoms with van der Waals surface area (Å²) in [7, 11) is 0. The molecule has 4 aromatic heterocycles. The number of furan rings is 1. The number of ketones is 1. The van der Waals surface area contributed by atoms with Gasteiger partial charge in [0.1, 0.15) is 17.3 Å². The summed E-state index contributed by atoms with van der Waals surface area (Å²) >= 11 is 0. The number of pyridine rings is 2. The summed E-state index contributed by atoms with van der Waals surface area (Å²) in [6, 6.07) is 20.5. The number of para-hydroxylation sites is 2. The molecule has 1 aliphatic carbocycles. The first kappa shape index (κ1) is 32.0. The van der Waals surface area contributed by atoms with Crippen LogP contribution >= 0.6 is 0 Å². The monoisotopic (exact) mass is 708 g/mol. The Morgan fingerprint density at radius 3 is 2.60 bits per heavy atom. The van der Waals surface area contributed by atoms with Crippen LogP contribution < -0.4 is 9.80 Å². The molecule has 0 bridgehead atoms. The van der Waals surface area contributed by atoms with Crippen LogP contribution in [0.15, 0.2) is 83.5 Å². The molecule has 4 aliphatic rings. The molecule has 2 unspecified atom stereocenters. The molecule has 1 N–H and O–H groups in total. The van der Waals surface area contributed by atoms with Crippen LogP contribution in [0.5, 0.6) is 0 Å². The van der Waals surface area contributed by atoms with E-state index in [4.69, 9.17) is 14.1 Å². The molecule has 53 heavy (non-hydrogen) atoms. The Labute approximate surface area is 305 Å². The number of aryl methyl sites for hydroxylation is 1. The first-order chi connectivity index (χ1) is 25.8. The topological polar surface area (TPSA) is 117 Å². The van der Waals surface area contributed by atoms with Crippen LogP contribution in [0.3, 0.4) is 0 Å². The Kier molecular flexibility index (Phi) is 7.37. The number of fused-ring (bicyclic) bond motifs is 4. The molecule has 6 aromatic rings. The van der Waals surface area contributed by atoms with E-state index in [0.29, 0.717) is 52.8 Å². The highest BCUT2D eigenvalue weighted by Crippen LogP contribution is 2.51. The van der Waals surface area contributed by atoms with Crippen LogP contribution in [0.2, 0.25) is 0 Å². The number of H-pyrrole nitrogens is 1. The predicted octanol–water partition coefficient (Wildman–Crippen LogP) is 7.53. The van der Waals surface area contributed by atoms with Gasteiger partial charge in [-0.1, -0.05) is 24.3 Å². The number of halogens is 1. The molecule has 1 amide bonds. The van der Waals surface area contributed by atoms with Crippen LogP contribution in [0.25, 0.3) is 34.1 Å². The van der Waals surface area contributed by atoms with Gasteiger partial charge in [-0.15, -0.1) is 0 Å². The van der Waals surface area contributed by atoms with Crippen molar-refractivity contribution in [1.29, 1.82) is 0 Å². The highest BCUT2D eigenvalue weighted by molar-refractivity contribution is 6.08. The second-order valence-corrected chi connectivity index (χ2v) is 15.1. The number of hydrogen-bond acceptors (Lipinski definition) is 8. The summed E-state index contributed by atoms with van der Waals surface area (Å²) in [4.78, 5) is 49.0. The average molecular weight is 709 g/mol. The van der Waals surface area contributed by atoms with E-state index in [-0.39, 0.29) is 28.9 Å². The SMILES string of the molecule is Cc1cnc(N2CC3(CCOCC3)C2)c(C(=O)C2CC2c2ccc(C(=O)N3CCc4cc(-c5nc6ccccc6[nH]5)oc4-c4ncc(F)cc43)cc2)c1. The normalized spacial score (nSPS) is 20.1. The number of hydrogen-bond donors (Lipinski definition) is 1. The van der Waals surface area contributed by atoms with E-state index in [1.54, 1.807) is 17.0 Å². The molecule has 2 aromatic carbocycles. The van der Waals surface area contributed by atoms with Gasteiger partial charge >= 0.3 is 0 Å². The summed E-state index contributed by atoms with van der Waals surface area (Å²) in [5, 5.41) is 0. The molecular weight excluding hydrogens is 671 g/mol. The number of aromatic nitrogens is 4. The quantitative estimate of drug-likeness (QED) is 0.177. The van der Waals surface area contributed by atoms with Gasteiger partial charge in [0.05, 0.1) is 28.5 Å². The van der Waals surface area contributed by atoms with Gasteiger partial charge in [-0.3, -0.25) is 9.59 Å². The largest absolute Gasteiger partial charge is 0.451 e. The number of aromatic amines is 1. The summed E-state index contributed by atoms with van der Waals surface area (Å²) in [6.45, 7) is 5.70. The average Bonchev–Trinajstić information content (AvgIpc) is 3.71. The molecular formula is C42H37FN6O4. The van der Waals surface area contributed by atoms with E-state index < -0.39 is 5.82 Å². The zero-order chi connectivity index (χ0) is 35.8. The van der Waals surface area contributed by atoms with E-state index in [1.807, 2.05) is 61.7 Å². The van der Waals surface area contributed by atoms with Crippen molar-refractivity contribution in [2.75, 3.05) is 42.6 Å². The number of benzene rings is 2. The molecule has 1 saturated carbocycles. The maximum Gasteiger partial charge on any atom is 0.258 e. The molecule has 266 valence electrons. The van der Waals surface area contributed by atoms with Crippen molar-refractivity contribution >= 4 is 34.2 Å². The number of rotatable bonds is 6. The van der Waals surface area contributed by atoms with Crippen LogP contribution in [0, 0.1) is 24.1 Å². The lowest BCUT2D eigenvalue weighted by Gasteiger charge is -2.53. The Morgan fingerprint density at radius 2 is 1.79 bits per heavy atom. The van der Waals surface area contributed by atoms with Gasteiger partial charge in [-0.05, 0) is 86.1 Å². The standard InChI is InChI=1S/C42H37FN6O4/c1-24-16-31(40(45-20-24)48-22-42(23-48)11-14-52-15-12-42)37(50)30-19-29(30)25-6-8-26(9-7-25)41(51)49-13-10-27-17-35(39-46-32-4-2-3-5-33(32)47-39)53-38(27)36-34(49)18-28(43)21-44-36/h2-9,16-18,20-21,29-30H,10-15,19,22-23H2,1H3,(H,46,47). The molecule has 7 heterocycles. The van der Waals surface area contributed by atoms with Gasteiger partial charge in [0.25, 0.3) is 5.91 Å². The molecule has 10 rings (SSSR count). The van der Waals surface area contributed by atoms with Gasteiger partial charge in [0.2, 0.25) is 0 Å². The summed E-state index contributed by atoms with van der Waals surface area (Å²) in [5.74, 6) is 1.70. The number of carbonyl (C=O) groups excluding carboxylic acids is 2. The third-order valence-electron chi connectivity index (χ3n) is 11.5. The van der Waals surface area contributed by atoms with Gasteiger partial charge in [0, 0.05) is 67.6 Å². The minimum atomic E-state index is -0.543. The fraction of sp³-hybridized carbons (Fsp3) is 0.310. The smallest absolute Gasteiger partial charge is 0.258 e. The Morgan fingerprint density at radius 1 is 0.981 bits per heavy atom. The lowest BCUT2D eigenvalue weighted by atomic mass is 9.73. The maximum atomic E-state index is 14.7. The van der Waals surface area contributed by atoms with Crippen molar-refractivity contribution in [3.63, 3.8) is 0 Å². The first-order valence-electron chi connectivity index (χ1n) is 18.3. The van der Waals surface area contributed by atoms with Gasteiger partial charge in [0.15, 0.2) is 23.1 Å². The molecule has 2 saturated heterocycles. The molecule has 3 aliphatic heterocycles. The second-order valence-electron chi connectivity index (χ2n) is 15.1. The zero-order valence-electron chi connectivity index (χ0n) is 29.3. The van der Waals surface area contributed by atoms with Crippen molar-refractivity contribution in [3.8, 4) is 23.0 Å². The van der Waals surface area contributed by atoms with E-state index in [0.717, 1.165) is 85.3 Å². The molecule has 11 heteroatoms. The summed E-state index contributed by atoms with van der Waals surface area (Å²) in [5.41, 5.74) is 6.77. The van der Waals surface area contributed by atoms with Crippen molar-refractivity contribution in [2.24, 2.45) is 11.3 Å². The first-order valence-corrected chi connectivity index (χ1v) is 18.3. The maximum absolute atomic E-state index is 14.7. The molecule has 1 spiro atoms. The molecule has 0 radical (unpaired) electrons. The number of amides is 1. The second kappa shape index (κ2) is 12.2. The van der Waals surface area contributed by atoms with Crippen molar-refractivity contribution in [3.05, 3.63) is 113 Å². The van der Waals surface area contributed by atoms with E-state index >= 15 is 0 Å². The number of Topliss-reactive ketones (excluding diaryl/α,β-unsaturated/α-hetero) is 1. The third-order valence-corrected chi connectivity index (χ3v) is 11.5. The zero-order valence-corrected chi connectivity index (χ0v) is 29.3. The van der Waals surface area contributed by atoms with Gasteiger partial charge < -0.3 is 23.9 Å². The molecule has 3 fully saturated rings. The number of carbonyl (C=O) groups is 2. The number of nitrogens with zero attached hydrogens (tertiary/aromatic N) is 5. The highest BCUT2D eigenvalue weighted by atomic mass is 19.1. The minimum absolute atomic E-state index is 0.0764. The number of anilines is 2. The van der Waals surface area contributed by atoms with E-state index in [1.165, 1.54) is 6.07 Å². The lowest BCUT2D eigenvalue weighted by molar-refractivity contribution is -0.000517. The van der Waals surface area contributed by atoms with Crippen LogP contribution in [-0.4, -0.2) is 64.5 Å². The van der Waals surface area contributed by atoms with Crippen LogP contribution in [0.4, 0.5) is 15.9 Å². The van der Waals surface area contributed by atoms with Crippen LogP contribution in [-0.2, 0) is 11.2 Å². The third kappa shape index (κ3) is 5.53. The predicted molar refractivity (Wildman–Crippen MR) is 198 cm³/mol. The van der Waals surface area contributed by atoms with E-state index in [2.05, 4.69) is 19.9 Å². The summed E-state index contributed by atoms with van der Waals surface area (Å²) < 4.78 is 26.6. The number of ether oxygens (including phenoxy) is 1. The van der Waals surface area contributed by atoms with Gasteiger partial charge in [-0.25, -0.2) is 19.3 Å². The highest BCUT2D eigenvalue weighted by Gasteiger charge is 2.48.